The van der Waals surface area contributed by atoms with Crippen LogP contribution in [0.2, 0.25) is 0 Å². The van der Waals surface area contributed by atoms with Gasteiger partial charge in [0.2, 0.25) is 0 Å². The number of rotatable bonds is 1. The van der Waals surface area contributed by atoms with E-state index in [1.807, 2.05) is 0 Å². The molecule has 1 atom stereocenters. The largest absolute Gasteiger partial charge is 0.381 e. The summed E-state index contributed by atoms with van der Waals surface area (Å²) in [5.41, 5.74) is 6.43. The number of hydrogen-bond acceptors (Lipinski definition) is 2. The van der Waals surface area contributed by atoms with Crippen molar-refractivity contribution in [3.63, 3.8) is 0 Å². The zero-order chi connectivity index (χ0) is 7.73. The van der Waals surface area contributed by atoms with Gasteiger partial charge in [0, 0.05) is 18.1 Å². The fourth-order valence-electron chi connectivity index (χ4n) is 2.43. The molecule has 1 saturated heterocycles. The molecule has 1 aliphatic heterocycles. The van der Waals surface area contributed by atoms with Crippen LogP contribution in [0.4, 0.5) is 0 Å². The average molecular weight is 155 g/mol. The first-order valence-corrected chi connectivity index (χ1v) is 4.68. The van der Waals surface area contributed by atoms with Crippen LogP contribution in [0.3, 0.4) is 0 Å². The summed E-state index contributed by atoms with van der Waals surface area (Å²) in [5, 5.41) is 0. The van der Waals surface area contributed by atoms with Crippen molar-refractivity contribution < 1.29 is 4.74 Å². The molecular formula is C9H17NO. The molecule has 2 rings (SSSR count). The van der Waals surface area contributed by atoms with Crippen LogP contribution >= 0.6 is 0 Å². The van der Waals surface area contributed by atoms with Crippen molar-refractivity contribution in [1.29, 1.82) is 0 Å². The summed E-state index contributed by atoms with van der Waals surface area (Å²) >= 11 is 0. The fraction of sp³-hybridized carbons (Fsp3) is 1.00. The Morgan fingerprint density at radius 2 is 2.00 bits per heavy atom. The summed E-state index contributed by atoms with van der Waals surface area (Å²) in [6, 6.07) is 0. The molecule has 0 amide bonds. The molecule has 1 unspecified atom stereocenters. The van der Waals surface area contributed by atoms with Gasteiger partial charge >= 0.3 is 0 Å². The van der Waals surface area contributed by atoms with Gasteiger partial charge in [-0.05, 0) is 19.3 Å². The predicted octanol–water partition coefficient (Wildman–Crippen LogP) is 1.29. The van der Waals surface area contributed by atoms with Gasteiger partial charge in [-0.3, -0.25) is 0 Å². The van der Waals surface area contributed by atoms with Crippen LogP contribution in [0.15, 0.2) is 0 Å². The number of nitrogens with two attached hydrogens (primary N) is 1. The molecule has 11 heavy (non-hydrogen) atoms. The smallest absolute Gasteiger partial charge is 0.0512 e. The molecule has 2 aliphatic rings. The molecule has 64 valence electrons. The molecule has 1 saturated carbocycles. The van der Waals surface area contributed by atoms with E-state index in [4.69, 9.17) is 10.5 Å². The first-order valence-electron chi connectivity index (χ1n) is 4.68. The van der Waals surface area contributed by atoms with Crippen LogP contribution in [0.5, 0.6) is 0 Å². The molecule has 0 aromatic carbocycles. The second kappa shape index (κ2) is 2.76. The maximum Gasteiger partial charge on any atom is 0.0512 e. The highest BCUT2D eigenvalue weighted by atomic mass is 16.5. The maximum atomic E-state index is 6.28. The summed E-state index contributed by atoms with van der Waals surface area (Å²) < 4.78 is 5.35. The number of hydrogen-bond donors (Lipinski definition) is 1. The van der Waals surface area contributed by atoms with E-state index >= 15 is 0 Å². The van der Waals surface area contributed by atoms with E-state index < -0.39 is 0 Å². The summed E-state index contributed by atoms with van der Waals surface area (Å²) in [6.45, 7) is 1.85. The van der Waals surface area contributed by atoms with Gasteiger partial charge in [0.15, 0.2) is 0 Å². The van der Waals surface area contributed by atoms with Crippen LogP contribution in [0.1, 0.15) is 32.1 Å². The molecule has 0 aromatic rings. The van der Waals surface area contributed by atoms with Crippen LogP contribution in [-0.4, -0.2) is 18.8 Å². The van der Waals surface area contributed by atoms with Crippen molar-refractivity contribution in [2.75, 3.05) is 13.2 Å². The van der Waals surface area contributed by atoms with Crippen LogP contribution < -0.4 is 5.73 Å². The minimum absolute atomic E-state index is 0.149. The van der Waals surface area contributed by atoms with Crippen molar-refractivity contribution in [3.05, 3.63) is 0 Å². The second-order valence-corrected chi connectivity index (χ2v) is 4.00. The Hall–Kier alpha value is -0.0800. The fourth-order valence-corrected chi connectivity index (χ4v) is 2.43. The molecular weight excluding hydrogens is 138 g/mol. The Morgan fingerprint density at radius 3 is 2.55 bits per heavy atom. The second-order valence-electron chi connectivity index (χ2n) is 4.00. The Kier molecular flexibility index (Phi) is 1.90. The molecule has 0 spiro atoms. The highest BCUT2D eigenvalue weighted by Gasteiger charge is 2.39. The van der Waals surface area contributed by atoms with E-state index in [1.165, 1.54) is 32.1 Å². The SMILES string of the molecule is NC1(C2CCOC2)CCCC1. The van der Waals surface area contributed by atoms with Crippen molar-refractivity contribution in [2.45, 2.75) is 37.6 Å². The lowest BCUT2D eigenvalue weighted by molar-refractivity contribution is 0.163. The predicted molar refractivity (Wildman–Crippen MR) is 44.3 cm³/mol. The van der Waals surface area contributed by atoms with Gasteiger partial charge in [-0.1, -0.05) is 12.8 Å². The van der Waals surface area contributed by atoms with Gasteiger partial charge in [-0.25, -0.2) is 0 Å². The molecule has 2 heteroatoms. The van der Waals surface area contributed by atoms with Gasteiger partial charge in [0.05, 0.1) is 6.61 Å². The lowest BCUT2D eigenvalue weighted by atomic mass is 9.83. The lowest BCUT2D eigenvalue weighted by Gasteiger charge is -2.29. The Balaban J connectivity index is 2.00. The zero-order valence-corrected chi connectivity index (χ0v) is 7.01. The van der Waals surface area contributed by atoms with E-state index in [9.17, 15) is 0 Å². The van der Waals surface area contributed by atoms with Crippen molar-refractivity contribution in [1.82, 2.24) is 0 Å². The average Bonchev–Trinajstić information content (AvgIpc) is 2.55. The van der Waals surface area contributed by atoms with Gasteiger partial charge in [0.25, 0.3) is 0 Å². The quantitative estimate of drug-likeness (QED) is 0.619. The Bertz CT molecular complexity index is 134. The van der Waals surface area contributed by atoms with Gasteiger partial charge < -0.3 is 10.5 Å². The Labute approximate surface area is 68.1 Å². The molecule has 0 bridgehead atoms. The highest BCUT2D eigenvalue weighted by molar-refractivity contribution is 4.96. The summed E-state index contributed by atoms with van der Waals surface area (Å²) in [7, 11) is 0. The van der Waals surface area contributed by atoms with Crippen LogP contribution in [0.25, 0.3) is 0 Å². The minimum Gasteiger partial charge on any atom is -0.381 e. The van der Waals surface area contributed by atoms with Crippen LogP contribution in [-0.2, 0) is 4.74 Å². The third-order valence-electron chi connectivity index (χ3n) is 3.28. The van der Waals surface area contributed by atoms with Crippen molar-refractivity contribution >= 4 is 0 Å². The lowest BCUT2D eigenvalue weighted by Crippen LogP contribution is -2.44. The summed E-state index contributed by atoms with van der Waals surface area (Å²) in [5.74, 6) is 0.657. The van der Waals surface area contributed by atoms with Gasteiger partial charge in [0.1, 0.15) is 0 Å². The topological polar surface area (TPSA) is 35.2 Å². The van der Waals surface area contributed by atoms with Crippen LogP contribution in [0, 0.1) is 5.92 Å². The summed E-state index contributed by atoms with van der Waals surface area (Å²) in [4.78, 5) is 0. The molecule has 0 aromatic heterocycles. The molecule has 1 aliphatic carbocycles. The van der Waals surface area contributed by atoms with E-state index in [1.54, 1.807) is 0 Å². The van der Waals surface area contributed by atoms with E-state index in [2.05, 4.69) is 0 Å². The molecule has 2 N–H and O–H groups in total. The molecule has 0 radical (unpaired) electrons. The van der Waals surface area contributed by atoms with Gasteiger partial charge in [-0.15, -0.1) is 0 Å². The highest BCUT2D eigenvalue weighted by Crippen LogP contribution is 2.37. The normalized spacial score (nSPS) is 36.3. The summed E-state index contributed by atoms with van der Waals surface area (Å²) in [6.07, 6.45) is 6.29. The third-order valence-corrected chi connectivity index (χ3v) is 3.28. The number of ether oxygens (including phenoxy) is 1. The third kappa shape index (κ3) is 1.30. The van der Waals surface area contributed by atoms with Crippen molar-refractivity contribution in [3.8, 4) is 0 Å². The van der Waals surface area contributed by atoms with E-state index in [0.717, 1.165) is 13.2 Å². The van der Waals surface area contributed by atoms with Crippen molar-refractivity contribution in [2.24, 2.45) is 11.7 Å². The Morgan fingerprint density at radius 1 is 1.27 bits per heavy atom. The zero-order valence-electron chi connectivity index (χ0n) is 7.01. The van der Waals surface area contributed by atoms with E-state index in [-0.39, 0.29) is 5.54 Å². The first kappa shape index (κ1) is 7.56. The molecule has 1 heterocycles. The van der Waals surface area contributed by atoms with E-state index in [0.29, 0.717) is 5.92 Å². The first-order chi connectivity index (χ1) is 5.31. The van der Waals surface area contributed by atoms with Gasteiger partial charge in [-0.2, -0.15) is 0 Å². The molecule has 2 nitrogen and oxygen atoms in total. The standard InChI is InChI=1S/C9H17NO/c10-9(4-1-2-5-9)8-3-6-11-7-8/h8H,1-7,10H2. The molecule has 2 fully saturated rings. The monoisotopic (exact) mass is 155 g/mol. The minimum atomic E-state index is 0.149. The maximum absolute atomic E-state index is 6.28.